The van der Waals surface area contributed by atoms with Gasteiger partial charge in [-0.3, -0.25) is 4.79 Å². The zero-order valence-electron chi connectivity index (χ0n) is 8.83. The van der Waals surface area contributed by atoms with Crippen molar-refractivity contribution >= 4 is 5.78 Å². The number of ether oxygens (including phenoxy) is 1. The molecule has 1 aromatic rings. The normalized spacial score (nSPS) is 10.3. The zero-order chi connectivity index (χ0) is 11.1. The summed E-state index contributed by atoms with van der Waals surface area (Å²) in [5.74, 6) is -0.228. The number of rotatable bonds is 6. The summed E-state index contributed by atoms with van der Waals surface area (Å²) >= 11 is 0. The summed E-state index contributed by atoms with van der Waals surface area (Å²) in [5, 5.41) is 0. The maximum Gasteiger partial charge on any atom is 0.158 e. The number of halogens is 1. The first-order valence-corrected chi connectivity index (χ1v) is 5.07. The Morgan fingerprint density at radius 2 is 2.13 bits per heavy atom. The van der Waals surface area contributed by atoms with Crippen LogP contribution in [0.3, 0.4) is 0 Å². The van der Waals surface area contributed by atoms with Crippen LogP contribution in [0.25, 0.3) is 0 Å². The Balaban J connectivity index is 2.32. The molecule has 0 fully saturated rings. The lowest BCUT2D eigenvalue weighted by atomic mass is 10.2. The van der Waals surface area contributed by atoms with Gasteiger partial charge in [0, 0.05) is 12.0 Å². The van der Waals surface area contributed by atoms with Crippen molar-refractivity contribution in [2.45, 2.75) is 26.4 Å². The maximum atomic E-state index is 13.1. The second-order valence-electron chi connectivity index (χ2n) is 3.37. The quantitative estimate of drug-likeness (QED) is 0.721. The van der Waals surface area contributed by atoms with Crippen LogP contribution >= 0.6 is 0 Å². The highest BCUT2D eigenvalue weighted by Crippen LogP contribution is 2.07. The smallest absolute Gasteiger partial charge is 0.158 e. The van der Waals surface area contributed by atoms with Gasteiger partial charge >= 0.3 is 0 Å². The number of carbonyl (C=O) groups excluding carboxylic acids is 1. The van der Waals surface area contributed by atoms with Crippen LogP contribution in [0.5, 0.6) is 0 Å². The summed E-state index contributed by atoms with van der Waals surface area (Å²) in [7, 11) is 0. The first-order valence-electron chi connectivity index (χ1n) is 5.07. The van der Waals surface area contributed by atoms with Crippen molar-refractivity contribution in [2.75, 3.05) is 6.61 Å². The molecule has 0 amide bonds. The number of ketones is 1. The molecule has 3 heteroatoms. The van der Waals surface area contributed by atoms with E-state index in [1.54, 1.807) is 18.2 Å². The number of carbonyl (C=O) groups is 1. The fourth-order valence-electron chi connectivity index (χ4n) is 1.24. The molecule has 0 spiro atoms. The van der Waals surface area contributed by atoms with Crippen molar-refractivity contribution in [2.24, 2.45) is 0 Å². The molecule has 0 atom stereocenters. The molecule has 0 N–H and O–H groups in total. The lowest BCUT2D eigenvalue weighted by Crippen LogP contribution is -2.08. The molecule has 0 saturated heterocycles. The Labute approximate surface area is 89.1 Å². The van der Waals surface area contributed by atoms with Gasteiger partial charge < -0.3 is 4.74 Å². The molecule has 0 bridgehead atoms. The van der Waals surface area contributed by atoms with Crippen LogP contribution < -0.4 is 0 Å². The molecule has 0 saturated carbocycles. The summed E-state index contributed by atoms with van der Waals surface area (Å²) in [6.07, 6.45) is 1.35. The van der Waals surface area contributed by atoms with E-state index in [0.717, 1.165) is 6.42 Å². The van der Waals surface area contributed by atoms with Crippen LogP contribution in [0.1, 0.15) is 25.3 Å². The monoisotopic (exact) mass is 210 g/mol. The molecule has 82 valence electrons. The third kappa shape index (κ3) is 4.21. The first kappa shape index (κ1) is 11.9. The fourth-order valence-corrected chi connectivity index (χ4v) is 1.24. The van der Waals surface area contributed by atoms with Crippen LogP contribution in [0.15, 0.2) is 24.3 Å². The van der Waals surface area contributed by atoms with Gasteiger partial charge in [0.15, 0.2) is 5.78 Å². The van der Waals surface area contributed by atoms with Gasteiger partial charge in [-0.05, 0) is 12.5 Å². The SMILES string of the molecule is CCCC(=O)COCc1ccccc1F. The van der Waals surface area contributed by atoms with Gasteiger partial charge in [-0.15, -0.1) is 0 Å². The molecular formula is C12H15FO2. The molecule has 0 aliphatic rings. The van der Waals surface area contributed by atoms with E-state index < -0.39 is 0 Å². The van der Waals surface area contributed by atoms with Crippen molar-refractivity contribution < 1.29 is 13.9 Å². The third-order valence-electron chi connectivity index (χ3n) is 2.01. The molecule has 0 unspecified atom stereocenters. The molecule has 0 aromatic heterocycles. The zero-order valence-corrected chi connectivity index (χ0v) is 8.83. The average molecular weight is 210 g/mol. The number of benzene rings is 1. The molecule has 0 heterocycles. The van der Waals surface area contributed by atoms with E-state index in [1.165, 1.54) is 6.07 Å². The first-order chi connectivity index (χ1) is 7.24. The second-order valence-corrected chi connectivity index (χ2v) is 3.37. The summed E-state index contributed by atoms with van der Waals surface area (Å²) in [6, 6.07) is 6.41. The highest BCUT2D eigenvalue weighted by atomic mass is 19.1. The lowest BCUT2D eigenvalue weighted by Gasteiger charge is -2.04. The minimum atomic E-state index is -0.291. The van der Waals surface area contributed by atoms with E-state index in [-0.39, 0.29) is 24.8 Å². The average Bonchev–Trinajstić information content (AvgIpc) is 2.21. The predicted molar refractivity (Wildman–Crippen MR) is 56.0 cm³/mol. The summed E-state index contributed by atoms with van der Waals surface area (Å²) in [6.45, 7) is 2.17. The van der Waals surface area contributed by atoms with E-state index >= 15 is 0 Å². The van der Waals surface area contributed by atoms with Crippen molar-refractivity contribution in [1.29, 1.82) is 0 Å². The Bertz CT molecular complexity index is 323. The third-order valence-corrected chi connectivity index (χ3v) is 2.01. The molecular weight excluding hydrogens is 195 g/mol. The van der Waals surface area contributed by atoms with Gasteiger partial charge in [-0.1, -0.05) is 25.1 Å². The van der Waals surface area contributed by atoms with E-state index in [9.17, 15) is 9.18 Å². The molecule has 0 radical (unpaired) electrons. The Morgan fingerprint density at radius 1 is 1.40 bits per heavy atom. The van der Waals surface area contributed by atoms with Crippen LogP contribution in [0.4, 0.5) is 4.39 Å². The van der Waals surface area contributed by atoms with Crippen LogP contribution in [-0.2, 0) is 16.1 Å². The van der Waals surface area contributed by atoms with Gasteiger partial charge in [0.05, 0.1) is 6.61 Å². The van der Waals surface area contributed by atoms with E-state index in [2.05, 4.69) is 0 Å². The number of hydrogen-bond donors (Lipinski definition) is 0. The standard InChI is InChI=1S/C12H15FO2/c1-2-5-11(14)9-15-8-10-6-3-4-7-12(10)13/h3-4,6-7H,2,5,8-9H2,1H3. The van der Waals surface area contributed by atoms with Crippen LogP contribution in [0, 0.1) is 5.82 Å². The molecule has 1 aromatic carbocycles. The lowest BCUT2D eigenvalue weighted by molar-refractivity contribution is -0.124. The summed E-state index contributed by atoms with van der Waals surface area (Å²) < 4.78 is 18.2. The van der Waals surface area contributed by atoms with Gasteiger partial charge in [0.25, 0.3) is 0 Å². The van der Waals surface area contributed by atoms with E-state index in [1.807, 2.05) is 6.92 Å². The number of Topliss-reactive ketones (excluding diaryl/α,β-unsaturated/α-hetero) is 1. The van der Waals surface area contributed by atoms with Crippen molar-refractivity contribution in [1.82, 2.24) is 0 Å². The topological polar surface area (TPSA) is 26.3 Å². The van der Waals surface area contributed by atoms with Crippen LogP contribution in [0.2, 0.25) is 0 Å². The van der Waals surface area contributed by atoms with Gasteiger partial charge in [0.1, 0.15) is 12.4 Å². The van der Waals surface area contributed by atoms with Crippen molar-refractivity contribution in [3.05, 3.63) is 35.6 Å². The fraction of sp³-hybridized carbons (Fsp3) is 0.417. The van der Waals surface area contributed by atoms with Gasteiger partial charge in [-0.2, -0.15) is 0 Å². The molecule has 2 nitrogen and oxygen atoms in total. The maximum absolute atomic E-state index is 13.1. The van der Waals surface area contributed by atoms with Crippen LogP contribution in [-0.4, -0.2) is 12.4 Å². The van der Waals surface area contributed by atoms with E-state index in [0.29, 0.717) is 12.0 Å². The summed E-state index contributed by atoms with van der Waals surface area (Å²) in [5.41, 5.74) is 0.488. The Hall–Kier alpha value is -1.22. The van der Waals surface area contributed by atoms with Gasteiger partial charge in [-0.25, -0.2) is 4.39 Å². The molecule has 1 rings (SSSR count). The minimum absolute atomic E-state index is 0.0637. The minimum Gasteiger partial charge on any atom is -0.369 e. The second kappa shape index (κ2) is 6.30. The largest absolute Gasteiger partial charge is 0.369 e. The van der Waals surface area contributed by atoms with E-state index in [4.69, 9.17) is 4.74 Å². The molecule has 0 aliphatic heterocycles. The summed E-state index contributed by atoms with van der Waals surface area (Å²) in [4.78, 5) is 11.1. The van der Waals surface area contributed by atoms with Crippen molar-refractivity contribution in [3.8, 4) is 0 Å². The molecule has 0 aliphatic carbocycles. The van der Waals surface area contributed by atoms with Crippen molar-refractivity contribution in [3.63, 3.8) is 0 Å². The highest BCUT2D eigenvalue weighted by Gasteiger charge is 2.03. The number of hydrogen-bond acceptors (Lipinski definition) is 2. The highest BCUT2D eigenvalue weighted by molar-refractivity contribution is 5.79. The van der Waals surface area contributed by atoms with Gasteiger partial charge in [0.2, 0.25) is 0 Å². The Kier molecular flexibility index (Phi) is 4.98. The predicted octanol–water partition coefficient (Wildman–Crippen LogP) is 2.71. The Morgan fingerprint density at radius 3 is 2.80 bits per heavy atom. The molecule has 15 heavy (non-hydrogen) atoms.